The molecule has 0 atom stereocenters. The van der Waals surface area contributed by atoms with Crippen molar-refractivity contribution < 1.29 is 13.9 Å². The fourth-order valence-corrected chi connectivity index (χ4v) is 2.14. The number of methoxy groups -OCH3 is 1. The topological polar surface area (TPSA) is 42.7 Å². The van der Waals surface area contributed by atoms with Gasteiger partial charge in [-0.05, 0) is 17.7 Å². The highest BCUT2D eigenvalue weighted by Gasteiger charge is 2.14. The predicted octanol–water partition coefficient (Wildman–Crippen LogP) is 2.89. The molecule has 0 aliphatic rings. The minimum atomic E-state index is 0.118. The summed E-state index contributed by atoms with van der Waals surface area (Å²) in [5.74, 6) is 0.960. The molecule has 0 fully saturated rings. The van der Waals surface area contributed by atoms with Gasteiger partial charge in [0, 0.05) is 33.0 Å². The third-order valence-corrected chi connectivity index (χ3v) is 3.30. The van der Waals surface area contributed by atoms with Crippen LogP contribution in [0.5, 0.6) is 0 Å². The van der Waals surface area contributed by atoms with Crippen molar-refractivity contribution in [2.24, 2.45) is 0 Å². The molecule has 0 radical (unpaired) electrons. The largest absolute Gasteiger partial charge is 0.469 e. The van der Waals surface area contributed by atoms with Gasteiger partial charge in [0.15, 0.2) is 0 Å². The van der Waals surface area contributed by atoms with E-state index in [1.807, 2.05) is 47.4 Å². The van der Waals surface area contributed by atoms with Crippen LogP contribution in [0, 0.1) is 0 Å². The van der Waals surface area contributed by atoms with E-state index in [2.05, 4.69) is 0 Å². The van der Waals surface area contributed by atoms with Crippen molar-refractivity contribution >= 4 is 5.91 Å². The monoisotopic (exact) mass is 287 g/mol. The number of aryl methyl sites for hydroxylation is 1. The van der Waals surface area contributed by atoms with Gasteiger partial charge in [-0.1, -0.05) is 30.3 Å². The first-order chi connectivity index (χ1) is 10.3. The van der Waals surface area contributed by atoms with Crippen molar-refractivity contribution in [1.82, 2.24) is 4.90 Å². The van der Waals surface area contributed by atoms with Crippen molar-refractivity contribution in [3.8, 4) is 0 Å². The predicted molar refractivity (Wildman–Crippen MR) is 80.8 cm³/mol. The van der Waals surface area contributed by atoms with Crippen LogP contribution in [0.15, 0.2) is 53.1 Å². The van der Waals surface area contributed by atoms with Crippen molar-refractivity contribution in [3.63, 3.8) is 0 Å². The number of hydrogen-bond donors (Lipinski definition) is 0. The average Bonchev–Trinajstić information content (AvgIpc) is 3.03. The van der Waals surface area contributed by atoms with Gasteiger partial charge in [0.1, 0.15) is 5.76 Å². The Labute approximate surface area is 125 Å². The fraction of sp³-hybridized carbons (Fsp3) is 0.353. The van der Waals surface area contributed by atoms with Crippen LogP contribution in [0.25, 0.3) is 0 Å². The van der Waals surface area contributed by atoms with Crippen molar-refractivity contribution in [1.29, 1.82) is 0 Å². The Kier molecular flexibility index (Phi) is 6.03. The molecule has 4 heteroatoms. The Balaban J connectivity index is 1.92. The normalized spacial score (nSPS) is 10.5. The SMILES string of the molecule is COCCN(Cc1ccccc1)C(=O)CCc1ccco1. The summed E-state index contributed by atoms with van der Waals surface area (Å²) in [7, 11) is 1.65. The van der Waals surface area contributed by atoms with E-state index < -0.39 is 0 Å². The Hall–Kier alpha value is -2.07. The standard InChI is InChI=1S/C17H21NO3/c1-20-13-11-18(14-15-6-3-2-4-7-15)17(19)10-9-16-8-5-12-21-16/h2-8,12H,9-11,13-14H2,1H3. The van der Waals surface area contributed by atoms with E-state index in [0.29, 0.717) is 32.5 Å². The first kappa shape index (κ1) is 15.3. The molecule has 1 aromatic heterocycles. The highest BCUT2D eigenvalue weighted by molar-refractivity contribution is 5.76. The van der Waals surface area contributed by atoms with Gasteiger partial charge in [-0.2, -0.15) is 0 Å². The molecular weight excluding hydrogens is 266 g/mol. The lowest BCUT2D eigenvalue weighted by molar-refractivity contribution is -0.132. The molecule has 0 saturated heterocycles. The molecule has 1 heterocycles. The molecule has 2 aromatic rings. The maximum atomic E-state index is 12.4. The molecule has 1 amide bonds. The minimum absolute atomic E-state index is 0.118. The molecule has 1 aromatic carbocycles. The van der Waals surface area contributed by atoms with Crippen LogP contribution >= 0.6 is 0 Å². The summed E-state index contributed by atoms with van der Waals surface area (Å²) in [6.07, 6.45) is 2.71. The van der Waals surface area contributed by atoms with Crippen LogP contribution in [-0.4, -0.2) is 31.1 Å². The number of ether oxygens (including phenoxy) is 1. The Morgan fingerprint density at radius 3 is 2.67 bits per heavy atom. The third-order valence-electron chi connectivity index (χ3n) is 3.30. The lowest BCUT2D eigenvalue weighted by Gasteiger charge is -2.22. The van der Waals surface area contributed by atoms with Crippen LogP contribution in [0.4, 0.5) is 0 Å². The Morgan fingerprint density at radius 1 is 1.19 bits per heavy atom. The van der Waals surface area contributed by atoms with E-state index in [-0.39, 0.29) is 5.91 Å². The van der Waals surface area contributed by atoms with E-state index in [1.54, 1.807) is 13.4 Å². The van der Waals surface area contributed by atoms with E-state index in [1.165, 1.54) is 0 Å². The van der Waals surface area contributed by atoms with Crippen LogP contribution in [0.1, 0.15) is 17.7 Å². The summed E-state index contributed by atoms with van der Waals surface area (Å²) in [5.41, 5.74) is 1.12. The highest BCUT2D eigenvalue weighted by atomic mass is 16.5. The van der Waals surface area contributed by atoms with Crippen LogP contribution in [-0.2, 0) is 22.5 Å². The molecule has 112 valence electrons. The Bertz CT molecular complexity index is 522. The summed E-state index contributed by atoms with van der Waals surface area (Å²) in [4.78, 5) is 14.2. The van der Waals surface area contributed by atoms with Gasteiger partial charge in [0.2, 0.25) is 5.91 Å². The zero-order valence-electron chi connectivity index (χ0n) is 12.3. The van der Waals surface area contributed by atoms with Crippen LogP contribution in [0.2, 0.25) is 0 Å². The van der Waals surface area contributed by atoms with Crippen molar-refractivity contribution in [3.05, 3.63) is 60.1 Å². The number of benzene rings is 1. The molecule has 0 bridgehead atoms. The lowest BCUT2D eigenvalue weighted by Crippen LogP contribution is -2.33. The summed E-state index contributed by atoms with van der Waals surface area (Å²) in [6.45, 7) is 1.75. The number of carbonyl (C=O) groups excluding carboxylic acids is 1. The molecule has 2 rings (SSSR count). The maximum Gasteiger partial charge on any atom is 0.223 e. The smallest absolute Gasteiger partial charge is 0.223 e. The summed E-state index contributed by atoms with van der Waals surface area (Å²) < 4.78 is 10.4. The molecule has 4 nitrogen and oxygen atoms in total. The zero-order chi connectivity index (χ0) is 14.9. The van der Waals surface area contributed by atoms with Gasteiger partial charge in [0.25, 0.3) is 0 Å². The van der Waals surface area contributed by atoms with Crippen LogP contribution in [0.3, 0.4) is 0 Å². The highest BCUT2D eigenvalue weighted by Crippen LogP contribution is 2.09. The van der Waals surface area contributed by atoms with E-state index >= 15 is 0 Å². The summed E-state index contributed by atoms with van der Waals surface area (Å²) in [6, 6.07) is 13.7. The third kappa shape index (κ3) is 5.08. The summed E-state index contributed by atoms with van der Waals surface area (Å²) >= 11 is 0. The number of rotatable bonds is 8. The zero-order valence-corrected chi connectivity index (χ0v) is 12.3. The van der Waals surface area contributed by atoms with Gasteiger partial charge in [-0.3, -0.25) is 4.79 Å². The van der Waals surface area contributed by atoms with Gasteiger partial charge >= 0.3 is 0 Å². The van der Waals surface area contributed by atoms with Gasteiger partial charge in [0.05, 0.1) is 12.9 Å². The molecule has 21 heavy (non-hydrogen) atoms. The van der Waals surface area contributed by atoms with Crippen LogP contribution < -0.4 is 0 Å². The second kappa shape index (κ2) is 8.27. The lowest BCUT2D eigenvalue weighted by atomic mass is 10.2. The van der Waals surface area contributed by atoms with Gasteiger partial charge < -0.3 is 14.1 Å². The second-order valence-corrected chi connectivity index (χ2v) is 4.87. The van der Waals surface area contributed by atoms with Crippen molar-refractivity contribution in [2.45, 2.75) is 19.4 Å². The quantitative estimate of drug-likeness (QED) is 0.749. The Morgan fingerprint density at radius 2 is 2.00 bits per heavy atom. The number of hydrogen-bond acceptors (Lipinski definition) is 3. The second-order valence-electron chi connectivity index (χ2n) is 4.87. The molecule has 0 spiro atoms. The molecule has 0 N–H and O–H groups in total. The first-order valence-corrected chi connectivity index (χ1v) is 7.12. The molecule has 0 aliphatic heterocycles. The maximum absolute atomic E-state index is 12.4. The number of amides is 1. The number of nitrogens with zero attached hydrogens (tertiary/aromatic N) is 1. The molecular formula is C17H21NO3. The van der Waals surface area contributed by atoms with E-state index in [0.717, 1.165) is 11.3 Å². The minimum Gasteiger partial charge on any atom is -0.469 e. The van der Waals surface area contributed by atoms with Gasteiger partial charge in [-0.15, -0.1) is 0 Å². The van der Waals surface area contributed by atoms with E-state index in [9.17, 15) is 4.79 Å². The molecule has 0 aliphatic carbocycles. The molecule has 0 unspecified atom stereocenters. The van der Waals surface area contributed by atoms with Crippen molar-refractivity contribution in [2.75, 3.05) is 20.3 Å². The average molecular weight is 287 g/mol. The molecule has 0 saturated carbocycles. The first-order valence-electron chi connectivity index (χ1n) is 7.12. The number of carbonyl (C=O) groups is 1. The van der Waals surface area contributed by atoms with Gasteiger partial charge in [-0.25, -0.2) is 0 Å². The summed E-state index contributed by atoms with van der Waals surface area (Å²) in [5, 5.41) is 0. The number of furan rings is 1. The fourth-order valence-electron chi connectivity index (χ4n) is 2.14. The van der Waals surface area contributed by atoms with E-state index in [4.69, 9.17) is 9.15 Å².